The smallest absolute Gasteiger partial charge is 0.119 e. The summed E-state index contributed by atoms with van der Waals surface area (Å²) in [7, 11) is 1.67. The van der Waals surface area contributed by atoms with Gasteiger partial charge in [-0.3, -0.25) is 4.90 Å². The molecule has 0 radical (unpaired) electrons. The lowest BCUT2D eigenvalue weighted by Gasteiger charge is -2.24. The largest absolute Gasteiger partial charge is 0.497 e. The molecule has 1 aromatic heterocycles. The summed E-state index contributed by atoms with van der Waals surface area (Å²) >= 11 is 0. The van der Waals surface area contributed by atoms with E-state index in [2.05, 4.69) is 20.9 Å². The minimum absolute atomic E-state index is 0.190. The predicted molar refractivity (Wildman–Crippen MR) is 78.8 cm³/mol. The molecule has 3 rings (SSSR count). The number of β-amino-alcohol motifs (C(OH)–C–C–N with tert-alkyl or cyclic N) is 1. The molecule has 2 heterocycles. The van der Waals surface area contributed by atoms with Crippen LogP contribution >= 0.6 is 0 Å². The van der Waals surface area contributed by atoms with Gasteiger partial charge in [-0.25, -0.2) is 9.97 Å². The van der Waals surface area contributed by atoms with Gasteiger partial charge in [-0.2, -0.15) is 0 Å². The molecule has 1 fully saturated rings. The van der Waals surface area contributed by atoms with E-state index in [0.29, 0.717) is 6.54 Å². The summed E-state index contributed by atoms with van der Waals surface area (Å²) in [5.41, 5.74) is 2.22. The summed E-state index contributed by atoms with van der Waals surface area (Å²) in [5, 5.41) is 10.0. The SMILES string of the molecule is COc1cccc([C@H]2C[C@H](O)CN2Cc2cncnc2)c1. The normalized spacial score (nSPS) is 22.4. The summed E-state index contributed by atoms with van der Waals surface area (Å²) < 4.78 is 5.29. The summed E-state index contributed by atoms with van der Waals surface area (Å²) in [4.78, 5) is 10.4. The molecule has 1 aliphatic heterocycles. The third kappa shape index (κ3) is 3.20. The maximum Gasteiger partial charge on any atom is 0.119 e. The van der Waals surface area contributed by atoms with Crippen LogP contribution in [0.2, 0.25) is 0 Å². The van der Waals surface area contributed by atoms with Crippen LogP contribution in [0.4, 0.5) is 0 Å². The van der Waals surface area contributed by atoms with Gasteiger partial charge in [0, 0.05) is 37.1 Å². The van der Waals surface area contributed by atoms with E-state index in [1.54, 1.807) is 7.11 Å². The Morgan fingerprint density at radius 1 is 1.33 bits per heavy atom. The molecule has 1 aliphatic rings. The maximum atomic E-state index is 10.0. The lowest BCUT2D eigenvalue weighted by atomic mass is 10.0. The van der Waals surface area contributed by atoms with Gasteiger partial charge in [-0.05, 0) is 24.1 Å². The molecule has 21 heavy (non-hydrogen) atoms. The molecule has 0 aliphatic carbocycles. The van der Waals surface area contributed by atoms with E-state index in [-0.39, 0.29) is 12.1 Å². The van der Waals surface area contributed by atoms with Gasteiger partial charge in [0.15, 0.2) is 0 Å². The van der Waals surface area contributed by atoms with Crippen LogP contribution in [0.25, 0.3) is 0 Å². The van der Waals surface area contributed by atoms with Gasteiger partial charge in [0.2, 0.25) is 0 Å². The molecule has 110 valence electrons. The highest BCUT2D eigenvalue weighted by molar-refractivity contribution is 5.31. The molecule has 1 aromatic carbocycles. The van der Waals surface area contributed by atoms with Crippen molar-refractivity contribution in [2.45, 2.75) is 25.1 Å². The summed E-state index contributed by atoms with van der Waals surface area (Å²) in [5.74, 6) is 0.844. The minimum Gasteiger partial charge on any atom is -0.497 e. The van der Waals surface area contributed by atoms with Gasteiger partial charge in [0.1, 0.15) is 12.1 Å². The zero-order valence-corrected chi connectivity index (χ0v) is 12.0. The molecular weight excluding hydrogens is 266 g/mol. The van der Waals surface area contributed by atoms with Crippen LogP contribution in [0.5, 0.6) is 5.75 Å². The third-order valence-corrected chi connectivity index (χ3v) is 3.86. The molecule has 2 aromatic rings. The average Bonchev–Trinajstić information content (AvgIpc) is 2.89. The highest BCUT2D eigenvalue weighted by Gasteiger charge is 2.32. The van der Waals surface area contributed by atoms with Crippen LogP contribution in [0.1, 0.15) is 23.6 Å². The number of likely N-dealkylation sites (tertiary alicyclic amines) is 1. The van der Waals surface area contributed by atoms with Gasteiger partial charge in [0.05, 0.1) is 13.2 Å². The van der Waals surface area contributed by atoms with Gasteiger partial charge >= 0.3 is 0 Å². The zero-order valence-electron chi connectivity index (χ0n) is 12.0. The fraction of sp³-hybridized carbons (Fsp3) is 0.375. The van der Waals surface area contributed by atoms with Gasteiger partial charge in [-0.15, -0.1) is 0 Å². The number of hydrogen-bond donors (Lipinski definition) is 1. The van der Waals surface area contributed by atoms with Crippen LogP contribution in [-0.2, 0) is 6.54 Å². The molecule has 1 N–H and O–H groups in total. The summed E-state index contributed by atoms with van der Waals surface area (Å²) in [6, 6.07) is 8.24. The molecule has 0 saturated carbocycles. The molecule has 0 amide bonds. The Morgan fingerprint density at radius 3 is 2.90 bits per heavy atom. The van der Waals surface area contributed by atoms with Crippen LogP contribution in [0.3, 0.4) is 0 Å². The topological polar surface area (TPSA) is 58.5 Å². The van der Waals surface area contributed by atoms with Gasteiger partial charge < -0.3 is 9.84 Å². The Kier molecular flexibility index (Phi) is 4.13. The minimum atomic E-state index is -0.300. The van der Waals surface area contributed by atoms with Crippen molar-refractivity contribution in [1.29, 1.82) is 0 Å². The molecule has 5 heteroatoms. The number of aromatic nitrogens is 2. The van der Waals surface area contributed by atoms with Crippen molar-refractivity contribution in [3.05, 3.63) is 54.1 Å². The summed E-state index contributed by atoms with van der Waals surface area (Å²) in [6.45, 7) is 1.40. The number of aliphatic hydroxyl groups excluding tert-OH is 1. The van der Waals surface area contributed by atoms with E-state index in [1.807, 2.05) is 30.6 Å². The molecule has 1 saturated heterocycles. The Bertz CT molecular complexity index is 591. The second kappa shape index (κ2) is 6.20. The quantitative estimate of drug-likeness (QED) is 0.928. The molecule has 0 bridgehead atoms. The zero-order chi connectivity index (χ0) is 14.7. The first-order valence-electron chi connectivity index (χ1n) is 7.06. The van der Waals surface area contributed by atoms with Crippen molar-refractivity contribution in [2.24, 2.45) is 0 Å². The molecule has 0 unspecified atom stereocenters. The molecular formula is C16H19N3O2. The number of nitrogens with zero attached hydrogens (tertiary/aromatic N) is 3. The first-order chi connectivity index (χ1) is 10.3. The van der Waals surface area contributed by atoms with E-state index >= 15 is 0 Å². The van der Waals surface area contributed by atoms with Gasteiger partial charge in [-0.1, -0.05) is 12.1 Å². The lowest BCUT2D eigenvalue weighted by molar-refractivity contribution is 0.172. The first kappa shape index (κ1) is 14.0. The van der Waals surface area contributed by atoms with E-state index in [1.165, 1.54) is 11.9 Å². The van der Waals surface area contributed by atoms with Crippen LogP contribution in [0.15, 0.2) is 43.0 Å². The maximum absolute atomic E-state index is 10.0. The Balaban J connectivity index is 1.81. The molecule has 0 spiro atoms. The first-order valence-corrected chi connectivity index (χ1v) is 7.06. The van der Waals surface area contributed by atoms with Gasteiger partial charge in [0.25, 0.3) is 0 Å². The highest BCUT2D eigenvalue weighted by Crippen LogP contribution is 2.34. The van der Waals surface area contributed by atoms with Crippen LogP contribution in [0, 0.1) is 0 Å². The lowest BCUT2D eigenvalue weighted by Crippen LogP contribution is -2.24. The number of methoxy groups -OCH3 is 1. The highest BCUT2D eigenvalue weighted by atomic mass is 16.5. The number of benzene rings is 1. The number of rotatable bonds is 4. The summed E-state index contributed by atoms with van der Waals surface area (Å²) in [6.07, 6.45) is 5.61. The standard InChI is InChI=1S/C16H19N3O2/c1-21-15-4-2-3-13(5-15)16-6-14(20)10-19(16)9-12-7-17-11-18-8-12/h2-5,7-8,11,14,16,20H,6,9-10H2,1H3/t14-,16+/m0/s1. The molecule has 5 nitrogen and oxygen atoms in total. The van der Waals surface area contributed by atoms with Crippen LogP contribution in [-0.4, -0.2) is 39.7 Å². The van der Waals surface area contributed by atoms with Crippen molar-refractivity contribution in [1.82, 2.24) is 14.9 Å². The molecule has 2 atom stereocenters. The monoisotopic (exact) mass is 285 g/mol. The van der Waals surface area contributed by atoms with Crippen molar-refractivity contribution >= 4 is 0 Å². The van der Waals surface area contributed by atoms with Crippen molar-refractivity contribution in [3.8, 4) is 5.75 Å². The van der Waals surface area contributed by atoms with Crippen molar-refractivity contribution in [3.63, 3.8) is 0 Å². The van der Waals surface area contributed by atoms with Crippen molar-refractivity contribution in [2.75, 3.05) is 13.7 Å². The predicted octanol–water partition coefficient (Wildman–Crippen LogP) is 1.79. The van der Waals surface area contributed by atoms with E-state index < -0.39 is 0 Å². The van der Waals surface area contributed by atoms with E-state index in [9.17, 15) is 5.11 Å². The number of ether oxygens (including phenoxy) is 1. The third-order valence-electron chi connectivity index (χ3n) is 3.86. The second-order valence-corrected chi connectivity index (χ2v) is 5.36. The van der Waals surface area contributed by atoms with Crippen molar-refractivity contribution < 1.29 is 9.84 Å². The van der Waals surface area contributed by atoms with Crippen LogP contribution < -0.4 is 4.74 Å². The van der Waals surface area contributed by atoms with E-state index in [0.717, 1.165) is 24.3 Å². The second-order valence-electron chi connectivity index (χ2n) is 5.36. The average molecular weight is 285 g/mol. The number of hydrogen-bond acceptors (Lipinski definition) is 5. The fourth-order valence-corrected chi connectivity index (χ4v) is 2.90. The van der Waals surface area contributed by atoms with E-state index in [4.69, 9.17) is 4.74 Å². The number of aliphatic hydroxyl groups is 1. The Hall–Kier alpha value is -1.98. The fourth-order valence-electron chi connectivity index (χ4n) is 2.90. The Morgan fingerprint density at radius 2 is 2.14 bits per heavy atom. The Labute approximate surface area is 124 Å².